The molecule has 9 heterocycles. The number of phenolic OH excluding ortho intramolecular Hbond substituents is 1. The summed E-state index contributed by atoms with van der Waals surface area (Å²) >= 11 is 1.62. The molecule has 3 unspecified atom stereocenters. The van der Waals surface area contributed by atoms with E-state index in [1.165, 1.54) is 58.2 Å². The Bertz CT molecular complexity index is 2900. The van der Waals surface area contributed by atoms with Crippen LogP contribution in [0.3, 0.4) is 0 Å². The third kappa shape index (κ3) is 11.3. The molecule has 6 N–H and O–H groups in total. The van der Waals surface area contributed by atoms with Crippen molar-refractivity contribution in [3.63, 3.8) is 0 Å². The van der Waals surface area contributed by atoms with E-state index in [1.54, 1.807) is 22.3 Å². The van der Waals surface area contributed by atoms with Crippen LogP contribution in [0.5, 0.6) is 5.75 Å². The van der Waals surface area contributed by atoms with Crippen molar-refractivity contribution in [3.8, 4) is 27.4 Å². The van der Waals surface area contributed by atoms with Crippen LogP contribution in [-0.4, -0.2) is 194 Å². The zero-order valence-electron chi connectivity index (χ0n) is 47.6. The average Bonchev–Trinajstić information content (AvgIpc) is 4.26. The van der Waals surface area contributed by atoms with Gasteiger partial charge in [-0.25, -0.2) is 4.98 Å². The van der Waals surface area contributed by atoms with Crippen molar-refractivity contribution in [1.82, 2.24) is 50.2 Å². The Morgan fingerprint density at radius 1 is 0.875 bits per heavy atom. The van der Waals surface area contributed by atoms with E-state index in [9.17, 15) is 20.1 Å². The number of likely N-dealkylation sites (tertiary alicyclic amines) is 2. The van der Waals surface area contributed by atoms with Gasteiger partial charge >= 0.3 is 0 Å². The molecule has 80 heavy (non-hydrogen) atoms. The summed E-state index contributed by atoms with van der Waals surface area (Å²) in [5.74, 6) is 2.04. The van der Waals surface area contributed by atoms with E-state index in [4.69, 9.17) is 10.3 Å². The number of nitrogens with one attached hydrogen (secondary N) is 1. The summed E-state index contributed by atoms with van der Waals surface area (Å²) in [6, 6.07) is 20.7. The Morgan fingerprint density at radius 2 is 1.61 bits per heavy atom. The van der Waals surface area contributed by atoms with Crippen LogP contribution < -0.4 is 20.9 Å². The predicted octanol–water partition coefficient (Wildman–Crippen LogP) is 6.65. The highest BCUT2D eigenvalue weighted by molar-refractivity contribution is 7.13. The summed E-state index contributed by atoms with van der Waals surface area (Å²) in [7, 11) is 2.34. The van der Waals surface area contributed by atoms with Gasteiger partial charge in [-0.2, -0.15) is 0 Å². The SMILES string of the molecule is Cc1ncsc1-c1ccc([C@H](C)NC(=O)[C@@H]2C[C@@H](O)CN2C(O)[C@@H](c2cc(N3CCC(CN4CCC5(CC4)CC(N4CCN(C)[C@@H](CN6C7CCC6CN(c6cc(-c8ccccc8O)nnc6N)C7)C4)C5)CC3)no2)C(C)C)cc1. The van der Waals surface area contributed by atoms with E-state index >= 15 is 0 Å². The summed E-state index contributed by atoms with van der Waals surface area (Å²) in [6.07, 6.45) is 8.41. The quantitative estimate of drug-likeness (QED) is 0.0702. The molecule has 2 aromatic carbocycles. The van der Waals surface area contributed by atoms with E-state index < -0.39 is 24.3 Å². The second-order valence-corrected chi connectivity index (χ2v) is 26.3. The van der Waals surface area contributed by atoms with Gasteiger partial charge in [-0.1, -0.05) is 55.4 Å². The Hall–Kier alpha value is -5.25. The second kappa shape index (κ2) is 23.2. The first kappa shape index (κ1) is 55.3. The van der Waals surface area contributed by atoms with Crippen LogP contribution >= 0.6 is 11.3 Å². The van der Waals surface area contributed by atoms with Crippen molar-refractivity contribution in [2.24, 2.45) is 17.3 Å². The van der Waals surface area contributed by atoms with Crippen molar-refractivity contribution < 1.29 is 24.6 Å². The molecule has 430 valence electrons. The molecular weight excluding hydrogens is 1030 g/mol. The van der Waals surface area contributed by atoms with E-state index in [0.717, 1.165) is 98.4 Å². The topological polar surface area (TPSA) is 203 Å². The van der Waals surface area contributed by atoms with Crippen LogP contribution in [0.25, 0.3) is 21.7 Å². The third-order valence-corrected chi connectivity index (χ3v) is 21.0. The molecule has 7 fully saturated rings. The molecule has 1 saturated carbocycles. The minimum absolute atomic E-state index is 0.0152. The first-order valence-corrected chi connectivity index (χ1v) is 30.8. The fourth-order valence-electron chi connectivity index (χ4n) is 15.1. The van der Waals surface area contributed by atoms with Crippen molar-refractivity contribution in [2.45, 2.75) is 140 Å². The molecule has 5 aromatic rings. The average molecular weight is 1110 g/mol. The maximum Gasteiger partial charge on any atom is 0.238 e. The Labute approximate surface area is 476 Å². The number of β-amino-alcohol motifs (C(OH)–C–C–N with tert-alkyl or cyclic N) is 1. The van der Waals surface area contributed by atoms with E-state index in [0.29, 0.717) is 58.3 Å². The molecule has 12 rings (SSSR count). The van der Waals surface area contributed by atoms with Gasteiger partial charge in [0.15, 0.2) is 11.6 Å². The van der Waals surface area contributed by atoms with Gasteiger partial charge in [0.05, 0.1) is 51.6 Å². The molecule has 2 bridgehead atoms. The number of carbonyl (C=O) groups excluding carboxylic acids is 1. The van der Waals surface area contributed by atoms with Crippen LogP contribution in [0.2, 0.25) is 0 Å². The number of rotatable bonds is 16. The van der Waals surface area contributed by atoms with Crippen LogP contribution in [0.15, 0.2) is 70.7 Å². The number of piperazine rings is 2. The summed E-state index contributed by atoms with van der Waals surface area (Å²) < 4.78 is 6.05. The van der Waals surface area contributed by atoms with Crippen LogP contribution in [-0.2, 0) is 4.79 Å². The number of aromatic nitrogens is 4. The smallest absolute Gasteiger partial charge is 0.238 e. The number of nitrogens with zero attached hydrogens (tertiary/aromatic N) is 11. The molecule has 0 radical (unpaired) electrons. The number of fused-ring (bicyclic) bond motifs is 2. The lowest BCUT2D eigenvalue weighted by Gasteiger charge is -2.57. The highest BCUT2D eigenvalue weighted by Gasteiger charge is 2.50. The number of aromatic hydroxyl groups is 1. The number of aryl methyl sites for hydroxylation is 1. The molecule has 6 aliphatic heterocycles. The maximum atomic E-state index is 13.9. The fraction of sp³-hybridized carbons (Fsp3) is 0.623. The summed E-state index contributed by atoms with van der Waals surface area (Å²) in [6.45, 7) is 20.1. The lowest BCUT2D eigenvalue weighted by molar-refractivity contribution is -0.131. The number of aliphatic hydroxyl groups excluding tert-OH is 2. The van der Waals surface area contributed by atoms with Gasteiger partial charge in [-0.3, -0.25) is 24.4 Å². The Balaban J connectivity index is 0.581. The summed E-state index contributed by atoms with van der Waals surface area (Å²) in [5.41, 5.74) is 14.1. The zero-order chi connectivity index (χ0) is 55.4. The van der Waals surface area contributed by atoms with Crippen LogP contribution in [0.1, 0.15) is 108 Å². The number of amides is 1. The van der Waals surface area contributed by atoms with Gasteiger partial charge in [-0.05, 0) is 138 Å². The molecule has 1 amide bonds. The van der Waals surface area contributed by atoms with Gasteiger partial charge in [0, 0.05) is 101 Å². The number of para-hydroxylation sites is 1. The fourth-order valence-corrected chi connectivity index (χ4v) is 15.9. The minimum Gasteiger partial charge on any atom is -0.507 e. The number of aliphatic hydroxyl groups is 2. The predicted molar refractivity (Wildman–Crippen MR) is 313 cm³/mol. The lowest BCUT2D eigenvalue weighted by Crippen LogP contribution is -2.64. The van der Waals surface area contributed by atoms with Gasteiger partial charge in [0.2, 0.25) is 5.91 Å². The van der Waals surface area contributed by atoms with Gasteiger partial charge in [0.25, 0.3) is 0 Å². The number of nitrogens with two attached hydrogens (primary N) is 1. The molecule has 6 saturated heterocycles. The molecule has 3 aromatic heterocycles. The van der Waals surface area contributed by atoms with Gasteiger partial charge < -0.3 is 45.6 Å². The standard InChI is InChI=1S/C61H85N13O5S/c1-38(2)56(60(78)74-36-48(75)26-52(74)59(77)64-39(3)42-10-12-43(13-11-42)57-40(4)63-37-80-57)54-28-55(67-79-54)70-20-16-41(17-21-70)31-69-22-18-61(19-23-69)29-46(30-61)71-25-24-68(5)47(34-71)35-73-44-14-15-45(73)33-72(32-44)51-27-50(65-66-58(51)62)49-8-6-7-9-53(49)76/h6-13,27-28,37-39,41,44-48,52,56,60,75-76,78H,14-26,29-36H2,1-5H3,(H2,62,66)(H,64,77)/t39-,44?,45?,47+,48+,52-,56+,60?/m0/s1. The zero-order valence-corrected chi connectivity index (χ0v) is 48.4. The number of piperidine rings is 2. The van der Waals surface area contributed by atoms with Crippen molar-refractivity contribution in [2.75, 3.05) is 101 Å². The van der Waals surface area contributed by atoms with Crippen molar-refractivity contribution in [3.05, 3.63) is 83.2 Å². The van der Waals surface area contributed by atoms with Crippen molar-refractivity contribution >= 4 is 34.6 Å². The monoisotopic (exact) mass is 1110 g/mol. The summed E-state index contributed by atoms with van der Waals surface area (Å²) in [4.78, 5) is 37.0. The molecule has 7 aliphatic rings. The normalized spacial score (nSPS) is 26.8. The molecule has 1 spiro atoms. The highest BCUT2D eigenvalue weighted by atomic mass is 32.1. The van der Waals surface area contributed by atoms with Crippen LogP contribution in [0.4, 0.5) is 17.3 Å². The number of carbonyl (C=O) groups is 1. The number of benzene rings is 2. The first-order chi connectivity index (χ1) is 38.7. The third-order valence-electron chi connectivity index (χ3n) is 20.0. The molecule has 8 atom stereocenters. The molecular formula is C61H85N13O5S. The summed E-state index contributed by atoms with van der Waals surface area (Å²) in [5, 5.41) is 49.9. The highest BCUT2D eigenvalue weighted by Crippen LogP contribution is 2.52. The number of likely N-dealkylation sites (N-methyl/N-ethyl adjacent to an activating group) is 1. The number of anilines is 3. The number of nitrogen functional groups attached to an aromatic ring is 1. The number of hydrogen-bond donors (Lipinski definition) is 5. The number of hydrogen-bond acceptors (Lipinski definition) is 18. The van der Waals surface area contributed by atoms with Crippen molar-refractivity contribution in [1.29, 1.82) is 0 Å². The number of thiazole rings is 1. The molecule has 18 nitrogen and oxygen atoms in total. The number of phenols is 1. The molecule has 1 aliphatic carbocycles. The molecule has 19 heteroatoms. The van der Waals surface area contributed by atoms with Gasteiger partial charge in [-0.15, -0.1) is 21.5 Å². The minimum atomic E-state index is -1.05. The van der Waals surface area contributed by atoms with Crippen LogP contribution in [0, 0.1) is 24.2 Å². The Morgan fingerprint density at radius 3 is 2.31 bits per heavy atom. The second-order valence-electron chi connectivity index (χ2n) is 25.4. The lowest BCUT2D eigenvalue weighted by atomic mass is 9.60. The largest absolute Gasteiger partial charge is 0.507 e. The van der Waals surface area contributed by atoms with E-state index in [2.05, 4.69) is 88.1 Å². The first-order valence-electron chi connectivity index (χ1n) is 29.9. The maximum absolute atomic E-state index is 13.9. The Kier molecular flexibility index (Phi) is 16.0. The van der Waals surface area contributed by atoms with Gasteiger partial charge in [0.1, 0.15) is 17.7 Å². The van der Waals surface area contributed by atoms with E-state index in [-0.39, 0.29) is 36.6 Å². The van der Waals surface area contributed by atoms with E-state index in [1.807, 2.05) is 61.8 Å².